The number of alkyl halides is 3. The first kappa shape index (κ1) is 30.5. The van der Waals surface area contributed by atoms with Crippen molar-refractivity contribution in [2.24, 2.45) is 0 Å². The minimum atomic E-state index is -4.76. The van der Waals surface area contributed by atoms with Crippen LogP contribution in [0.2, 0.25) is 0 Å². The second-order valence-corrected chi connectivity index (χ2v) is 10.0. The van der Waals surface area contributed by atoms with E-state index in [1.165, 1.54) is 31.4 Å². The SMILES string of the molecule is CCCO[C@@H]1[C@@H](OC)[C@H](C)O[C@H](OC(=O)Nc2ccc3c(ccc4c3ncn4-c3ccc(OC(F)(F)F)cc3)c2)[C@@H]1OC. The number of amides is 1. The highest BCUT2D eigenvalue weighted by molar-refractivity contribution is 6.06. The third-order valence-corrected chi connectivity index (χ3v) is 7.14. The maximum absolute atomic E-state index is 12.9. The summed E-state index contributed by atoms with van der Waals surface area (Å²) in [7, 11) is 3.07. The van der Waals surface area contributed by atoms with Gasteiger partial charge in [-0.15, -0.1) is 13.2 Å². The summed E-state index contributed by atoms with van der Waals surface area (Å²) in [5.74, 6) is -0.309. The number of aromatic nitrogens is 2. The molecule has 1 aromatic heterocycles. The van der Waals surface area contributed by atoms with Crippen LogP contribution >= 0.6 is 0 Å². The number of ether oxygens (including phenoxy) is 6. The lowest BCUT2D eigenvalue weighted by atomic mass is 9.99. The number of methoxy groups -OCH3 is 2. The first-order valence-electron chi connectivity index (χ1n) is 13.7. The van der Waals surface area contributed by atoms with Crippen molar-refractivity contribution in [1.29, 1.82) is 0 Å². The fourth-order valence-electron chi connectivity index (χ4n) is 5.24. The van der Waals surface area contributed by atoms with E-state index in [0.29, 0.717) is 23.5 Å². The molecule has 1 fully saturated rings. The number of hydrogen-bond acceptors (Lipinski definition) is 8. The Morgan fingerprint density at radius 2 is 1.77 bits per heavy atom. The number of halogens is 3. The number of hydrogen-bond donors (Lipinski definition) is 1. The maximum Gasteiger partial charge on any atom is 0.573 e. The van der Waals surface area contributed by atoms with Gasteiger partial charge in [-0.1, -0.05) is 19.1 Å². The van der Waals surface area contributed by atoms with E-state index in [2.05, 4.69) is 15.0 Å². The highest BCUT2D eigenvalue weighted by atomic mass is 19.4. The number of rotatable bonds is 9. The van der Waals surface area contributed by atoms with Gasteiger partial charge in [-0.3, -0.25) is 9.88 Å². The van der Waals surface area contributed by atoms with Gasteiger partial charge in [0.15, 0.2) is 0 Å². The fraction of sp³-hybridized carbons (Fsp3) is 0.400. The topological polar surface area (TPSA) is 102 Å². The summed E-state index contributed by atoms with van der Waals surface area (Å²) in [5.41, 5.74) is 2.54. The molecule has 4 aromatic rings. The molecular formula is C30H32F3N3O7. The van der Waals surface area contributed by atoms with Crippen LogP contribution in [0.4, 0.5) is 23.7 Å². The molecule has 5 rings (SSSR count). The van der Waals surface area contributed by atoms with Gasteiger partial charge in [0, 0.05) is 37.6 Å². The van der Waals surface area contributed by atoms with Gasteiger partial charge in [0.2, 0.25) is 6.29 Å². The Morgan fingerprint density at radius 1 is 1.02 bits per heavy atom. The molecular weight excluding hydrogens is 571 g/mol. The summed E-state index contributed by atoms with van der Waals surface area (Å²) in [4.78, 5) is 17.4. The van der Waals surface area contributed by atoms with Crippen molar-refractivity contribution in [2.75, 3.05) is 26.1 Å². The third-order valence-electron chi connectivity index (χ3n) is 7.14. The molecule has 10 nitrogen and oxygen atoms in total. The number of benzene rings is 3. The van der Waals surface area contributed by atoms with Gasteiger partial charge in [-0.25, -0.2) is 9.78 Å². The number of carbonyl (C=O) groups is 1. The average molecular weight is 604 g/mol. The van der Waals surface area contributed by atoms with E-state index in [1.807, 2.05) is 32.0 Å². The van der Waals surface area contributed by atoms with Crippen LogP contribution in [0.1, 0.15) is 20.3 Å². The van der Waals surface area contributed by atoms with Gasteiger partial charge >= 0.3 is 12.5 Å². The van der Waals surface area contributed by atoms with Crippen LogP contribution in [0, 0.1) is 0 Å². The summed E-state index contributed by atoms with van der Waals surface area (Å²) < 4.78 is 72.0. The molecule has 1 aliphatic heterocycles. The van der Waals surface area contributed by atoms with Crippen molar-refractivity contribution >= 4 is 33.6 Å². The van der Waals surface area contributed by atoms with Gasteiger partial charge in [-0.05, 0) is 61.2 Å². The Morgan fingerprint density at radius 3 is 2.44 bits per heavy atom. The van der Waals surface area contributed by atoms with Gasteiger partial charge in [0.05, 0.1) is 17.1 Å². The lowest BCUT2D eigenvalue weighted by molar-refractivity contribution is -0.292. The second kappa shape index (κ2) is 12.8. The van der Waals surface area contributed by atoms with E-state index < -0.39 is 43.2 Å². The molecule has 0 bridgehead atoms. The molecule has 1 amide bonds. The predicted octanol–water partition coefficient (Wildman–Crippen LogP) is 6.20. The normalized spacial score (nSPS) is 22.5. The number of carbonyl (C=O) groups excluding carboxylic acids is 1. The van der Waals surface area contributed by atoms with Gasteiger partial charge in [0.1, 0.15) is 30.4 Å². The molecule has 0 radical (unpaired) electrons. The summed E-state index contributed by atoms with van der Waals surface area (Å²) in [5, 5.41) is 4.36. The number of anilines is 1. The average Bonchev–Trinajstić information content (AvgIpc) is 3.40. The minimum absolute atomic E-state index is 0.309. The van der Waals surface area contributed by atoms with E-state index >= 15 is 0 Å². The van der Waals surface area contributed by atoms with E-state index in [9.17, 15) is 18.0 Å². The molecule has 5 atom stereocenters. The monoisotopic (exact) mass is 603 g/mol. The van der Waals surface area contributed by atoms with Crippen LogP contribution in [0.25, 0.3) is 27.5 Å². The molecule has 13 heteroatoms. The van der Waals surface area contributed by atoms with E-state index in [-0.39, 0.29) is 5.75 Å². The number of imidazole rings is 1. The van der Waals surface area contributed by atoms with E-state index in [0.717, 1.165) is 22.7 Å². The van der Waals surface area contributed by atoms with Crippen molar-refractivity contribution in [3.05, 3.63) is 60.9 Å². The lowest BCUT2D eigenvalue weighted by Crippen LogP contribution is -2.60. The Bertz CT molecular complexity index is 1560. The van der Waals surface area contributed by atoms with Crippen LogP contribution < -0.4 is 10.1 Å². The molecule has 230 valence electrons. The van der Waals surface area contributed by atoms with Gasteiger partial charge in [-0.2, -0.15) is 0 Å². The van der Waals surface area contributed by atoms with Crippen LogP contribution in [0.5, 0.6) is 5.75 Å². The minimum Gasteiger partial charge on any atom is -0.416 e. The van der Waals surface area contributed by atoms with Gasteiger partial charge in [0.25, 0.3) is 0 Å². The van der Waals surface area contributed by atoms with Crippen LogP contribution in [0.3, 0.4) is 0 Å². The molecule has 0 unspecified atom stereocenters. The smallest absolute Gasteiger partial charge is 0.416 e. The number of nitrogens with zero attached hydrogens (tertiary/aromatic N) is 2. The zero-order valence-corrected chi connectivity index (χ0v) is 24.0. The van der Waals surface area contributed by atoms with Crippen molar-refractivity contribution in [1.82, 2.24) is 9.55 Å². The van der Waals surface area contributed by atoms with Crippen LogP contribution in [-0.4, -0.2) is 73.5 Å². The van der Waals surface area contributed by atoms with Gasteiger partial charge < -0.3 is 28.4 Å². The standard InChI is InChI=1S/C30H32F3N3O7/c1-5-14-40-26-25(38-3)17(2)41-28(27(26)39-4)42-29(37)35-19-7-12-22-18(15-19)6-13-23-24(22)34-16-36(23)20-8-10-21(11-9-20)43-30(31,32)33/h6-13,15-17,25-28H,5,14H2,1-4H3,(H,35,37)/t17-,25-,26+,27+,28+/m0/s1. The molecule has 0 aliphatic carbocycles. The molecule has 0 saturated carbocycles. The van der Waals surface area contributed by atoms with E-state index in [1.54, 1.807) is 30.1 Å². The Balaban J connectivity index is 1.31. The third kappa shape index (κ3) is 6.69. The van der Waals surface area contributed by atoms with Crippen molar-refractivity contribution < 1.29 is 46.4 Å². The summed E-state index contributed by atoms with van der Waals surface area (Å²) in [6.45, 7) is 4.30. The molecule has 43 heavy (non-hydrogen) atoms. The lowest BCUT2D eigenvalue weighted by Gasteiger charge is -2.43. The second-order valence-electron chi connectivity index (χ2n) is 10.0. The maximum atomic E-state index is 12.9. The molecule has 0 spiro atoms. The number of nitrogens with one attached hydrogen (secondary N) is 1. The quantitative estimate of drug-likeness (QED) is 0.242. The first-order valence-corrected chi connectivity index (χ1v) is 13.7. The van der Waals surface area contributed by atoms with Crippen molar-refractivity contribution in [3.8, 4) is 11.4 Å². The summed E-state index contributed by atoms with van der Waals surface area (Å²) in [6, 6.07) is 14.6. The molecule has 1 N–H and O–H groups in total. The molecule has 1 saturated heterocycles. The highest BCUT2D eigenvalue weighted by Crippen LogP contribution is 2.31. The first-order chi connectivity index (χ1) is 20.6. The van der Waals surface area contributed by atoms with Crippen molar-refractivity contribution in [3.63, 3.8) is 0 Å². The molecule has 3 aromatic carbocycles. The highest BCUT2D eigenvalue weighted by Gasteiger charge is 2.47. The Kier molecular flexibility index (Phi) is 9.06. The summed E-state index contributed by atoms with van der Waals surface area (Å²) in [6.07, 6.45) is -6.13. The van der Waals surface area contributed by atoms with Crippen molar-refractivity contribution in [2.45, 2.75) is 57.3 Å². The summed E-state index contributed by atoms with van der Waals surface area (Å²) >= 11 is 0. The Labute approximate surface area is 245 Å². The zero-order chi connectivity index (χ0) is 30.7. The molecule has 1 aliphatic rings. The van der Waals surface area contributed by atoms with E-state index in [4.69, 9.17) is 23.7 Å². The Hall–Kier alpha value is -3.91. The van der Waals surface area contributed by atoms with Crippen LogP contribution in [-0.2, 0) is 23.7 Å². The predicted molar refractivity (Wildman–Crippen MR) is 151 cm³/mol. The number of fused-ring (bicyclic) bond motifs is 3. The van der Waals surface area contributed by atoms with Crippen LogP contribution in [0.15, 0.2) is 60.9 Å². The zero-order valence-electron chi connectivity index (χ0n) is 24.0. The largest absolute Gasteiger partial charge is 0.573 e. The molecule has 2 heterocycles. The fourth-order valence-corrected chi connectivity index (χ4v) is 5.24.